The summed E-state index contributed by atoms with van der Waals surface area (Å²) in [5, 5.41) is 13.5. The molecule has 3 aromatic carbocycles. The molecule has 9 aromatic heterocycles. The Bertz CT molecular complexity index is 5120. The number of fused-ring (bicyclic) bond motifs is 3. The molecule has 0 radical (unpaired) electrons. The minimum Gasteiger partial charge on any atom is -0.450 e. The molecule has 2 saturated carbocycles. The number of sulfonamides is 1. The summed E-state index contributed by atoms with van der Waals surface area (Å²) in [6.45, 7) is 20.5. The number of imidazole rings is 3. The summed E-state index contributed by atoms with van der Waals surface area (Å²) in [5.41, 5.74) is 15.3. The number of carbonyl (C=O) groups is 3. The van der Waals surface area contributed by atoms with Crippen LogP contribution < -0.4 is 26.6 Å². The number of piperazine rings is 3. The molecule has 0 unspecified atom stereocenters. The van der Waals surface area contributed by atoms with E-state index in [1.807, 2.05) is 81.0 Å². The Labute approximate surface area is 647 Å². The van der Waals surface area contributed by atoms with Gasteiger partial charge in [-0.15, -0.1) is 0 Å². The third-order valence-corrected chi connectivity index (χ3v) is 21.5. The predicted octanol–water partition coefficient (Wildman–Crippen LogP) is 9.73. The summed E-state index contributed by atoms with van der Waals surface area (Å²) in [6.07, 6.45) is 22.0. The third kappa shape index (κ3) is 19.0. The molecule has 33 heteroatoms. The number of anilines is 3. The van der Waals surface area contributed by atoms with Crippen LogP contribution in [0.25, 0.3) is 101 Å². The van der Waals surface area contributed by atoms with E-state index in [0.29, 0.717) is 97.7 Å². The van der Waals surface area contributed by atoms with Gasteiger partial charge in [-0.2, -0.15) is 4.31 Å². The van der Waals surface area contributed by atoms with Crippen molar-refractivity contribution in [2.75, 3.05) is 120 Å². The molecule has 578 valence electrons. The molecular weight excluding hydrogens is 1440 g/mol. The summed E-state index contributed by atoms with van der Waals surface area (Å²) in [6, 6.07) is 30.8. The maximum Gasteiger partial charge on any atom is 0.413 e. The smallest absolute Gasteiger partial charge is 0.413 e. The Morgan fingerprint density at radius 3 is 1.05 bits per heavy atom. The third-order valence-electron chi connectivity index (χ3n) is 20.2. The highest BCUT2D eigenvalue weighted by Gasteiger charge is 2.33. The second-order valence-electron chi connectivity index (χ2n) is 28.2. The zero-order valence-electron chi connectivity index (χ0n) is 63.0. The van der Waals surface area contributed by atoms with Crippen LogP contribution in [0.3, 0.4) is 0 Å². The van der Waals surface area contributed by atoms with Crippen molar-refractivity contribution in [3.8, 4) is 67.5 Å². The van der Waals surface area contributed by atoms with Crippen LogP contribution >= 0.6 is 0 Å². The number of pyridine rings is 3. The first kappa shape index (κ1) is 75.7. The van der Waals surface area contributed by atoms with Gasteiger partial charge in [0.1, 0.15) is 16.6 Å². The lowest BCUT2D eigenvalue weighted by Crippen LogP contribution is -2.47. The minimum atomic E-state index is -3.15. The van der Waals surface area contributed by atoms with E-state index in [1.54, 1.807) is 62.3 Å². The molecule has 3 saturated heterocycles. The quantitative estimate of drug-likeness (QED) is 0.0331. The molecule has 0 atom stereocenters. The van der Waals surface area contributed by atoms with Gasteiger partial charge in [-0.3, -0.25) is 55.4 Å². The van der Waals surface area contributed by atoms with Gasteiger partial charge >= 0.3 is 18.2 Å². The van der Waals surface area contributed by atoms with Gasteiger partial charge in [0.05, 0.1) is 46.5 Å². The molecule has 5 amide bonds. The molecule has 12 aromatic rings. The van der Waals surface area contributed by atoms with E-state index in [9.17, 15) is 22.8 Å². The van der Waals surface area contributed by atoms with E-state index in [4.69, 9.17) is 14.7 Å². The standard InChI is InChI=1S/C27H31N9O.C27H30N8O2.C25H29N9O3S/c1-2-28-27(37)34-26-32-23-15-19(14-22(24(23)33-26)25-29-8-3-9-30-25)18-4-5-20(31-16-18)17-35-10-12-36(13-11-35)21-6-7-21;1-2-37-27(36)33-26-31-23-15-19(14-22(24(23)32-26)25-28-8-3-9-29-25)18-4-5-20(30-16-18)17-34-10-12-35(13-11-34)21-6-7-21;1-3-26-25(35)32-24-30-21-14-18(13-20(22(21)31-24)23-27-7-4-8-28-23)17-5-6-19(29-15-17)16-33-9-11-34(12-10-33)38(2,36)37/h3-5,8-9,14-16,21H,2,6-7,10-13,17H2,1H3,(H3,28,32,33,34,37);3-5,8-9,14-16,21H,2,6-7,10-13,17H2,1H3,(H2,31,32,33,36);4-8,13-15H,3,9-12,16H2,1-2H3,(H3,26,30,31,32,35). The maximum absolute atomic E-state index is 12.0. The van der Waals surface area contributed by atoms with Gasteiger partial charge in [0, 0.05) is 212 Å². The average molecular weight is 1530 g/mol. The van der Waals surface area contributed by atoms with Crippen LogP contribution in [-0.2, 0) is 34.4 Å². The number of amides is 5. The number of ether oxygens (including phenoxy) is 1. The highest BCUT2D eigenvalue weighted by atomic mass is 32.2. The molecule has 5 fully saturated rings. The fraction of sp³-hybridized carbons (Fsp3) is 0.354. The van der Waals surface area contributed by atoms with Gasteiger partial charge in [0.15, 0.2) is 17.5 Å². The minimum absolute atomic E-state index is 0.277. The van der Waals surface area contributed by atoms with E-state index < -0.39 is 16.1 Å². The number of aromatic amines is 3. The zero-order valence-corrected chi connectivity index (χ0v) is 63.8. The van der Waals surface area contributed by atoms with E-state index in [-0.39, 0.29) is 18.7 Å². The number of nitrogens with one attached hydrogen (secondary N) is 8. The first-order valence-corrected chi connectivity index (χ1v) is 39.9. The maximum atomic E-state index is 12.0. The van der Waals surface area contributed by atoms with Gasteiger partial charge < -0.3 is 30.3 Å². The number of aromatic nitrogens is 15. The van der Waals surface area contributed by atoms with E-state index in [1.165, 1.54) is 36.2 Å². The highest BCUT2D eigenvalue weighted by molar-refractivity contribution is 7.88. The van der Waals surface area contributed by atoms with Crippen LogP contribution in [0, 0.1) is 0 Å². The second-order valence-corrected chi connectivity index (χ2v) is 30.2. The number of nitrogens with zero attached hydrogens (tertiary/aromatic N) is 18. The Hall–Kier alpha value is -11.7. The molecule has 5 aliphatic rings. The number of rotatable bonds is 21. The van der Waals surface area contributed by atoms with E-state index in [0.717, 1.165) is 161 Å². The molecule has 0 spiro atoms. The van der Waals surface area contributed by atoms with Crippen molar-refractivity contribution < 1.29 is 27.5 Å². The van der Waals surface area contributed by atoms with Crippen molar-refractivity contribution in [1.29, 1.82) is 0 Å². The SMILES string of the molecule is CCNC(=O)Nc1nc2c(-c3ncccn3)cc(-c3ccc(CN4CCN(C5CC5)CC4)nc3)cc2[nH]1.CCNC(=O)Nc1nc2c(-c3ncccn3)cc(-c3ccc(CN4CCN(S(C)(=O)=O)CC4)nc3)cc2[nH]1.CCOC(=O)Nc1nc2c(-c3ncccn3)cc(-c3ccc(CN4CCN(C5CC5)CC4)nc3)cc2[nH]1. The Morgan fingerprint density at radius 1 is 0.429 bits per heavy atom. The molecule has 112 heavy (non-hydrogen) atoms. The van der Waals surface area contributed by atoms with Crippen molar-refractivity contribution in [1.82, 2.24) is 114 Å². The van der Waals surface area contributed by atoms with Gasteiger partial charge in [0.25, 0.3) is 0 Å². The molecular formula is C79H90N26O6S. The normalized spacial score (nSPS) is 16.1. The van der Waals surface area contributed by atoms with Crippen molar-refractivity contribution in [3.63, 3.8) is 0 Å². The monoisotopic (exact) mass is 1530 g/mol. The summed E-state index contributed by atoms with van der Waals surface area (Å²) in [4.78, 5) is 113. The van der Waals surface area contributed by atoms with Gasteiger partial charge in [-0.1, -0.05) is 18.2 Å². The lowest BCUT2D eigenvalue weighted by atomic mass is 10.0. The van der Waals surface area contributed by atoms with Crippen molar-refractivity contribution in [2.24, 2.45) is 0 Å². The number of hydrogen-bond donors (Lipinski definition) is 8. The summed E-state index contributed by atoms with van der Waals surface area (Å²) < 4.78 is 30.0. The summed E-state index contributed by atoms with van der Waals surface area (Å²) >= 11 is 0. The topological polar surface area (TPSA) is 376 Å². The van der Waals surface area contributed by atoms with Gasteiger partial charge in [-0.05, 0) is 136 Å². The lowest BCUT2D eigenvalue weighted by Gasteiger charge is -2.34. The van der Waals surface area contributed by atoms with Crippen LogP contribution in [-0.4, -0.2) is 247 Å². The number of urea groups is 2. The van der Waals surface area contributed by atoms with Crippen LogP contribution in [0.15, 0.2) is 147 Å². The Kier molecular flexibility index (Phi) is 23.4. The largest absolute Gasteiger partial charge is 0.450 e. The zero-order chi connectivity index (χ0) is 77.1. The van der Waals surface area contributed by atoms with Gasteiger partial charge in [0.2, 0.25) is 27.9 Å². The van der Waals surface area contributed by atoms with Crippen LogP contribution in [0.2, 0.25) is 0 Å². The highest BCUT2D eigenvalue weighted by Crippen LogP contribution is 2.37. The number of hydrogen-bond acceptors (Lipinski definition) is 23. The first-order chi connectivity index (χ1) is 54.6. The van der Waals surface area contributed by atoms with E-state index in [2.05, 4.69) is 140 Å². The fourth-order valence-corrected chi connectivity index (χ4v) is 15.0. The van der Waals surface area contributed by atoms with Crippen LogP contribution in [0.4, 0.5) is 32.2 Å². The Morgan fingerprint density at radius 2 is 0.759 bits per heavy atom. The van der Waals surface area contributed by atoms with Crippen LogP contribution in [0.1, 0.15) is 63.5 Å². The first-order valence-electron chi connectivity index (χ1n) is 38.1. The number of benzene rings is 3. The van der Waals surface area contributed by atoms with Crippen molar-refractivity contribution in [3.05, 3.63) is 164 Å². The average Bonchev–Trinajstić information content (AvgIpc) is 1.56. The number of H-pyrrole nitrogens is 3. The molecule has 17 rings (SSSR count). The molecule has 32 nitrogen and oxygen atoms in total. The molecule has 8 N–H and O–H groups in total. The molecule has 2 aliphatic carbocycles. The second kappa shape index (κ2) is 34.7. The van der Waals surface area contributed by atoms with Crippen LogP contribution in [0.5, 0.6) is 0 Å². The van der Waals surface area contributed by atoms with Crippen molar-refractivity contribution in [2.45, 2.75) is 78.2 Å². The van der Waals surface area contributed by atoms with Gasteiger partial charge in [-0.25, -0.2) is 67.7 Å². The summed E-state index contributed by atoms with van der Waals surface area (Å²) in [7, 11) is -3.15. The summed E-state index contributed by atoms with van der Waals surface area (Å²) in [5.74, 6) is 2.64. The van der Waals surface area contributed by atoms with Crippen molar-refractivity contribution >= 4 is 79.1 Å². The molecule has 3 aliphatic heterocycles. The van der Waals surface area contributed by atoms with E-state index >= 15 is 0 Å². The fourth-order valence-electron chi connectivity index (χ4n) is 14.2. The number of carbonyl (C=O) groups excluding carboxylic acids is 3. The predicted molar refractivity (Wildman–Crippen MR) is 429 cm³/mol. The molecule has 0 bridgehead atoms. The Balaban J connectivity index is 0.000000133. The lowest BCUT2D eigenvalue weighted by molar-refractivity contribution is 0.120. The molecule has 12 heterocycles.